The van der Waals surface area contributed by atoms with Crippen molar-refractivity contribution in [2.24, 2.45) is 0 Å². The summed E-state index contributed by atoms with van der Waals surface area (Å²) in [5.41, 5.74) is 8.99. The molecule has 3 nitrogen and oxygen atoms in total. The summed E-state index contributed by atoms with van der Waals surface area (Å²) in [5.74, 6) is 0.724. The van der Waals surface area contributed by atoms with Crippen molar-refractivity contribution in [3.05, 3.63) is 53.1 Å². The van der Waals surface area contributed by atoms with Crippen LogP contribution in [0.15, 0.2) is 52.1 Å². The molecule has 0 spiro atoms. The Morgan fingerprint density at radius 1 is 1.21 bits per heavy atom. The first-order chi connectivity index (χ1) is 9.22. The quantitative estimate of drug-likeness (QED) is 0.575. The molecule has 0 radical (unpaired) electrons. The molecule has 0 fully saturated rings. The minimum Gasteiger partial charge on any atom is -0.431 e. The summed E-state index contributed by atoms with van der Waals surface area (Å²) in [6.07, 6.45) is 0. The van der Waals surface area contributed by atoms with Crippen molar-refractivity contribution in [2.75, 3.05) is 5.73 Å². The van der Waals surface area contributed by atoms with Gasteiger partial charge in [-0.25, -0.2) is 4.98 Å². The van der Waals surface area contributed by atoms with E-state index in [1.807, 2.05) is 30.3 Å². The number of rotatable bonds is 3. The highest BCUT2D eigenvalue weighted by Gasteiger charge is 2.08. The first-order valence-electron chi connectivity index (χ1n) is 5.74. The fraction of sp³-hybridized carbons (Fsp3) is 0.0714. The Bertz CT molecular complexity index is 726. The predicted octanol–water partition coefficient (Wildman–Crippen LogP) is 4.36. The molecule has 3 rings (SSSR count). The molecular formula is C14H11ClN2OS. The van der Waals surface area contributed by atoms with Gasteiger partial charge in [0.15, 0.2) is 5.58 Å². The molecule has 1 heterocycles. The molecule has 2 aromatic carbocycles. The molecular weight excluding hydrogens is 280 g/mol. The zero-order valence-electron chi connectivity index (χ0n) is 9.97. The molecule has 0 aliphatic carbocycles. The second-order valence-corrected chi connectivity index (χ2v) is 5.42. The Morgan fingerprint density at radius 2 is 2.05 bits per heavy atom. The van der Waals surface area contributed by atoms with Gasteiger partial charge >= 0.3 is 0 Å². The normalized spacial score (nSPS) is 11.0. The summed E-state index contributed by atoms with van der Waals surface area (Å²) >= 11 is 7.63. The van der Waals surface area contributed by atoms with Crippen LogP contribution < -0.4 is 5.73 Å². The maximum Gasteiger partial charge on any atom is 0.257 e. The van der Waals surface area contributed by atoms with Gasteiger partial charge in [-0.1, -0.05) is 41.6 Å². The lowest BCUT2D eigenvalue weighted by molar-refractivity contribution is 0.489. The van der Waals surface area contributed by atoms with Crippen LogP contribution >= 0.6 is 23.4 Å². The van der Waals surface area contributed by atoms with E-state index in [1.165, 1.54) is 11.8 Å². The van der Waals surface area contributed by atoms with Crippen molar-refractivity contribution in [2.45, 2.75) is 11.0 Å². The van der Waals surface area contributed by atoms with Crippen molar-refractivity contribution in [1.82, 2.24) is 4.98 Å². The van der Waals surface area contributed by atoms with Gasteiger partial charge in [0.25, 0.3) is 5.22 Å². The van der Waals surface area contributed by atoms with Crippen LogP contribution in [0.3, 0.4) is 0 Å². The van der Waals surface area contributed by atoms with Gasteiger partial charge in [0.2, 0.25) is 0 Å². The van der Waals surface area contributed by atoms with Gasteiger partial charge in [0.1, 0.15) is 5.52 Å². The summed E-state index contributed by atoms with van der Waals surface area (Å²) in [5, 5.41) is 1.39. The number of hydrogen-bond acceptors (Lipinski definition) is 4. The number of anilines is 1. The van der Waals surface area contributed by atoms with Gasteiger partial charge in [0.05, 0.1) is 0 Å². The summed E-state index contributed by atoms with van der Waals surface area (Å²) in [7, 11) is 0. The third-order valence-corrected chi connectivity index (χ3v) is 3.95. The molecule has 0 bridgehead atoms. The molecule has 96 valence electrons. The van der Waals surface area contributed by atoms with Crippen LogP contribution in [0.5, 0.6) is 0 Å². The Labute approximate surface area is 119 Å². The van der Waals surface area contributed by atoms with E-state index < -0.39 is 0 Å². The van der Waals surface area contributed by atoms with Crippen LogP contribution in [0.2, 0.25) is 5.02 Å². The predicted molar refractivity (Wildman–Crippen MR) is 79.4 cm³/mol. The number of fused-ring (bicyclic) bond motifs is 1. The molecule has 0 atom stereocenters. The lowest BCUT2D eigenvalue weighted by Gasteiger charge is -2.00. The Morgan fingerprint density at radius 3 is 2.89 bits per heavy atom. The smallest absolute Gasteiger partial charge is 0.257 e. The van der Waals surface area contributed by atoms with E-state index in [-0.39, 0.29) is 0 Å². The molecule has 0 unspecified atom stereocenters. The van der Waals surface area contributed by atoms with E-state index >= 15 is 0 Å². The highest BCUT2D eigenvalue weighted by Crippen LogP contribution is 2.29. The van der Waals surface area contributed by atoms with Crippen LogP contribution in [0, 0.1) is 0 Å². The third-order valence-electron chi connectivity index (χ3n) is 2.70. The highest BCUT2D eigenvalue weighted by molar-refractivity contribution is 7.98. The second-order valence-electron chi connectivity index (χ2n) is 4.09. The monoisotopic (exact) mass is 290 g/mol. The third kappa shape index (κ3) is 2.69. The number of halogens is 1. The van der Waals surface area contributed by atoms with Gasteiger partial charge in [-0.15, -0.1) is 0 Å². The zero-order chi connectivity index (χ0) is 13.2. The molecule has 5 heteroatoms. The molecule has 3 aromatic rings. The van der Waals surface area contributed by atoms with Crippen molar-refractivity contribution in [3.63, 3.8) is 0 Å². The maximum absolute atomic E-state index is 6.11. The number of nitrogen functional groups attached to an aromatic ring is 1. The Kier molecular flexibility index (Phi) is 3.36. The Hall–Kier alpha value is -1.65. The van der Waals surface area contributed by atoms with E-state index in [0.29, 0.717) is 10.9 Å². The molecule has 0 aliphatic rings. The van der Waals surface area contributed by atoms with Crippen molar-refractivity contribution >= 4 is 40.1 Å². The lowest BCUT2D eigenvalue weighted by atomic mass is 10.2. The molecule has 19 heavy (non-hydrogen) atoms. The second kappa shape index (κ2) is 5.15. The average Bonchev–Trinajstić information content (AvgIpc) is 2.79. The van der Waals surface area contributed by atoms with E-state index in [2.05, 4.69) is 4.98 Å². The fourth-order valence-corrected chi connectivity index (χ4v) is 2.86. The van der Waals surface area contributed by atoms with Crippen LogP contribution in [-0.4, -0.2) is 4.98 Å². The van der Waals surface area contributed by atoms with Gasteiger partial charge in [0, 0.05) is 16.5 Å². The summed E-state index contributed by atoms with van der Waals surface area (Å²) < 4.78 is 5.64. The molecule has 0 saturated heterocycles. The summed E-state index contributed by atoms with van der Waals surface area (Å²) in [6, 6.07) is 13.2. The first-order valence-corrected chi connectivity index (χ1v) is 7.11. The summed E-state index contributed by atoms with van der Waals surface area (Å²) in [6.45, 7) is 0. The molecule has 1 aromatic heterocycles. The van der Waals surface area contributed by atoms with E-state index in [9.17, 15) is 0 Å². The topological polar surface area (TPSA) is 52.0 Å². The van der Waals surface area contributed by atoms with Crippen molar-refractivity contribution in [1.29, 1.82) is 0 Å². The SMILES string of the molecule is Nc1ccc2oc(SCc3ccccc3Cl)nc2c1. The number of benzene rings is 2. The zero-order valence-corrected chi connectivity index (χ0v) is 11.5. The number of nitrogens with two attached hydrogens (primary N) is 1. The number of nitrogens with zero attached hydrogens (tertiary/aromatic N) is 1. The molecule has 2 N–H and O–H groups in total. The largest absolute Gasteiger partial charge is 0.431 e. The first kappa shape index (κ1) is 12.4. The summed E-state index contributed by atoms with van der Waals surface area (Å²) in [4.78, 5) is 4.39. The van der Waals surface area contributed by atoms with Gasteiger partial charge < -0.3 is 10.2 Å². The van der Waals surface area contributed by atoms with Crippen molar-refractivity contribution in [3.8, 4) is 0 Å². The van der Waals surface area contributed by atoms with Crippen LogP contribution in [0.25, 0.3) is 11.1 Å². The number of oxazole rings is 1. The standard InChI is InChI=1S/C14H11ClN2OS/c15-11-4-2-1-3-9(11)8-19-14-17-12-7-10(16)5-6-13(12)18-14/h1-7H,8,16H2. The van der Waals surface area contributed by atoms with Gasteiger partial charge in [-0.05, 0) is 29.8 Å². The van der Waals surface area contributed by atoms with Crippen LogP contribution in [-0.2, 0) is 5.75 Å². The van der Waals surface area contributed by atoms with Gasteiger partial charge in [-0.3, -0.25) is 0 Å². The number of thioether (sulfide) groups is 1. The van der Waals surface area contributed by atoms with E-state index in [1.54, 1.807) is 12.1 Å². The van der Waals surface area contributed by atoms with Crippen LogP contribution in [0.4, 0.5) is 5.69 Å². The maximum atomic E-state index is 6.11. The molecule has 0 amide bonds. The fourth-order valence-electron chi connectivity index (χ4n) is 1.74. The van der Waals surface area contributed by atoms with Crippen molar-refractivity contribution < 1.29 is 4.42 Å². The highest BCUT2D eigenvalue weighted by atomic mass is 35.5. The van der Waals surface area contributed by atoms with Gasteiger partial charge in [-0.2, -0.15) is 0 Å². The minimum atomic E-state index is 0.625. The molecule has 0 aliphatic heterocycles. The number of hydrogen-bond donors (Lipinski definition) is 1. The average molecular weight is 291 g/mol. The van der Waals surface area contributed by atoms with E-state index in [0.717, 1.165) is 27.4 Å². The molecule has 0 saturated carbocycles. The Balaban J connectivity index is 1.80. The number of aromatic nitrogens is 1. The lowest BCUT2D eigenvalue weighted by Crippen LogP contribution is -1.82. The minimum absolute atomic E-state index is 0.625. The van der Waals surface area contributed by atoms with Crippen LogP contribution in [0.1, 0.15) is 5.56 Å². The van der Waals surface area contributed by atoms with E-state index in [4.69, 9.17) is 21.8 Å².